The van der Waals surface area contributed by atoms with Crippen molar-refractivity contribution in [2.75, 3.05) is 6.61 Å². The molecule has 0 saturated heterocycles. The third-order valence-electron chi connectivity index (χ3n) is 3.66. The maximum atomic E-state index is 11.4. The number of amides is 1. The molecular weight excluding hydrogens is 278 g/mol. The molecule has 0 spiro atoms. The minimum absolute atomic E-state index is 0.128. The van der Waals surface area contributed by atoms with Gasteiger partial charge in [-0.15, -0.1) is 0 Å². The first kappa shape index (κ1) is 20.7. The zero-order chi connectivity index (χ0) is 16.6. The second-order valence-electron chi connectivity index (χ2n) is 5.92. The average molecular weight is 311 g/mol. The number of rotatable bonds is 15. The van der Waals surface area contributed by atoms with Crippen molar-refractivity contribution in [3.8, 4) is 0 Å². The maximum Gasteiger partial charge on any atom is 0.333 e. The molecule has 0 aliphatic carbocycles. The number of carbonyl (C=O) groups excluding carboxylic acids is 2. The lowest BCUT2D eigenvalue weighted by atomic mass is 10.1. The molecule has 22 heavy (non-hydrogen) atoms. The summed E-state index contributed by atoms with van der Waals surface area (Å²) in [7, 11) is 0. The highest BCUT2D eigenvalue weighted by atomic mass is 16.5. The molecule has 0 unspecified atom stereocenters. The molecule has 0 aliphatic heterocycles. The molecule has 0 fully saturated rings. The lowest BCUT2D eigenvalue weighted by Crippen LogP contribution is -2.16. The summed E-state index contributed by atoms with van der Waals surface area (Å²) in [6.07, 6.45) is 13.7. The van der Waals surface area contributed by atoms with Gasteiger partial charge in [-0.25, -0.2) is 4.79 Å². The number of hydrogen-bond acceptors (Lipinski definition) is 3. The van der Waals surface area contributed by atoms with Crippen LogP contribution < -0.4 is 5.73 Å². The van der Waals surface area contributed by atoms with E-state index in [0.717, 1.165) is 12.8 Å². The third-order valence-corrected chi connectivity index (χ3v) is 3.66. The molecule has 4 nitrogen and oxygen atoms in total. The summed E-state index contributed by atoms with van der Waals surface area (Å²) in [5, 5.41) is 0. The monoisotopic (exact) mass is 311 g/mol. The highest BCUT2D eigenvalue weighted by Crippen LogP contribution is 2.11. The van der Waals surface area contributed by atoms with Crippen LogP contribution in [0, 0.1) is 0 Å². The molecule has 0 heterocycles. The number of carbonyl (C=O) groups is 2. The zero-order valence-corrected chi connectivity index (χ0v) is 14.2. The summed E-state index contributed by atoms with van der Waals surface area (Å²) in [6.45, 7) is 6.13. The Bertz CT molecular complexity index is 326. The number of hydrogen-bond donors (Lipinski definition) is 1. The van der Waals surface area contributed by atoms with Crippen LogP contribution in [-0.2, 0) is 14.3 Å². The zero-order valence-electron chi connectivity index (χ0n) is 14.2. The largest absolute Gasteiger partial charge is 0.462 e. The van der Waals surface area contributed by atoms with Gasteiger partial charge in [-0.1, -0.05) is 77.7 Å². The second kappa shape index (κ2) is 14.6. The normalized spacial score (nSPS) is 10.4. The summed E-state index contributed by atoms with van der Waals surface area (Å²) < 4.78 is 5.04. The first-order chi connectivity index (χ1) is 10.6. The fourth-order valence-corrected chi connectivity index (χ4v) is 2.32. The van der Waals surface area contributed by atoms with Gasteiger partial charge in [0.1, 0.15) is 0 Å². The Morgan fingerprint density at radius 2 is 1.32 bits per heavy atom. The van der Waals surface area contributed by atoms with E-state index in [0.29, 0.717) is 6.61 Å². The Hall–Kier alpha value is -1.32. The third kappa shape index (κ3) is 13.7. The van der Waals surface area contributed by atoms with E-state index in [1.54, 1.807) is 0 Å². The van der Waals surface area contributed by atoms with Crippen LogP contribution in [0.2, 0.25) is 0 Å². The Morgan fingerprint density at radius 1 is 0.864 bits per heavy atom. The van der Waals surface area contributed by atoms with Crippen LogP contribution in [0.25, 0.3) is 0 Å². The number of esters is 1. The molecular formula is C18H33NO3. The van der Waals surface area contributed by atoms with Crippen LogP contribution in [0.5, 0.6) is 0 Å². The van der Waals surface area contributed by atoms with Crippen LogP contribution in [0.15, 0.2) is 12.2 Å². The highest BCUT2D eigenvalue weighted by molar-refractivity contribution is 5.94. The van der Waals surface area contributed by atoms with E-state index >= 15 is 0 Å². The van der Waals surface area contributed by atoms with E-state index in [2.05, 4.69) is 13.5 Å². The molecule has 4 heteroatoms. The van der Waals surface area contributed by atoms with E-state index in [1.807, 2.05) is 0 Å². The summed E-state index contributed by atoms with van der Waals surface area (Å²) in [4.78, 5) is 22.1. The van der Waals surface area contributed by atoms with Crippen molar-refractivity contribution in [3.05, 3.63) is 12.2 Å². The molecule has 0 aromatic carbocycles. The Balaban J connectivity index is 3.28. The fourth-order valence-electron chi connectivity index (χ4n) is 2.32. The van der Waals surface area contributed by atoms with E-state index in [9.17, 15) is 9.59 Å². The van der Waals surface area contributed by atoms with E-state index < -0.39 is 11.9 Å². The Morgan fingerprint density at radius 3 is 1.77 bits per heavy atom. The molecule has 0 radical (unpaired) electrons. The molecule has 0 atom stereocenters. The van der Waals surface area contributed by atoms with Crippen molar-refractivity contribution in [2.45, 2.75) is 84.0 Å². The van der Waals surface area contributed by atoms with Gasteiger partial charge in [0.15, 0.2) is 0 Å². The summed E-state index contributed by atoms with van der Waals surface area (Å²) in [5.74, 6) is -1.07. The molecule has 0 aliphatic rings. The van der Waals surface area contributed by atoms with Crippen LogP contribution in [-0.4, -0.2) is 18.5 Å². The first-order valence-corrected chi connectivity index (χ1v) is 8.71. The van der Waals surface area contributed by atoms with Crippen LogP contribution >= 0.6 is 0 Å². The molecule has 0 rings (SSSR count). The van der Waals surface area contributed by atoms with Crippen molar-refractivity contribution in [1.29, 1.82) is 0 Å². The van der Waals surface area contributed by atoms with E-state index in [1.165, 1.54) is 57.8 Å². The van der Waals surface area contributed by atoms with Crippen molar-refractivity contribution in [3.63, 3.8) is 0 Å². The highest BCUT2D eigenvalue weighted by Gasteiger charge is 2.10. The number of ether oxygens (including phenoxy) is 1. The SMILES string of the molecule is C=C(CC(N)=O)C(=O)OCCCCCCCCCCCCC. The van der Waals surface area contributed by atoms with Gasteiger partial charge < -0.3 is 10.5 Å². The van der Waals surface area contributed by atoms with Crippen molar-refractivity contribution < 1.29 is 14.3 Å². The van der Waals surface area contributed by atoms with Crippen LogP contribution in [0.4, 0.5) is 0 Å². The van der Waals surface area contributed by atoms with Gasteiger partial charge >= 0.3 is 5.97 Å². The first-order valence-electron chi connectivity index (χ1n) is 8.71. The predicted octanol–water partition coefficient (Wildman–Crippen LogP) is 4.27. The molecule has 0 aromatic heterocycles. The molecule has 0 saturated carbocycles. The number of unbranched alkanes of at least 4 members (excludes halogenated alkanes) is 10. The minimum atomic E-state index is -0.559. The molecule has 2 N–H and O–H groups in total. The topological polar surface area (TPSA) is 69.4 Å². The Labute approximate surface area is 135 Å². The van der Waals surface area contributed by atoms with Gasteiger partial charge in [0.2, 0.25) is 5.91 Å². The fraction of sp³-hybridized carbons (Fsp3) is 0.778. The van der Waals surface area contributed by atoms with Crippen LogP contribution in [0.3, 0.4) is 0 Å². The standard InChI is InChI=1S/C18H33NO3/c1-3-4-5-6-7-8-9-10-11-12-13-14-22-18(21)16(2)15-17(19)20/h2-15H2,1H3,(H2,19,20). The van der Waals surface area contributed by atoms with E-state index in [4.69, 9.17) is 10.5 Å². The molecule has 0 aromatic rings. The van der Waals surface area contributed by atoms with Crippen molar-refractivity contribution in [2.24, 2.45) is 5.73 Å². The molecule has 128 valence electrons. The minimum Gasteiger partial charge on any atom is -0.462 e. The van der Waals surface area contributed by atoms with Gasteiger partial charge in [-0.05, 0) is 6.42 Å². The predicted molar refractivity (Wildman–Crippen MR) is 90.4 cm³/mol. The summed E-state index contributed by atoms with van der Waals surface area (Å²) in [5.41, 5.74) is 5.13. The summed E-state index contributed by atoms with van der Waals surface area (Å²) >= 11 is 0. The number of nitrogens with two attached hydrogens (primary N) is 1. The lowest BCUT2D eigenvalue weighted by Gasteiger charge is -2.06. The summed E-state index contributed by atoms with van der Waals surface area (Å²) in [6, 6.07) is 0. The quantitative estimate of drug-likeness (QED) is 0.279. The van der Waals surface area contributed by atoms with Gasteiger partial charge in [0, 0.05) is 5.57 Å². The van der Waals surface area contributed by atoms with Crippen molar-refractivity contribution >= 4 is 11.9 Å². The van der Waals surface area contributed by atoms with E-state index in [-0.39, 0.29) is 12.0 Å². The van der Waals surface area contributed by atoms with Crippen molar-refractivity contribution in [1.82, 2.24) is 0 Å². The Kier molecular flexibility index (Phi) is 13.7. The lowest BCUT2D eigenvalue weighted by molar-refractivity contribution is -0.140. The van der Waals surface area contributed by atoms with Crippen LogP contribution in [0.1, 0.15) is 84.0 Å². The van der Waals surface area contributed by atoms with Gasteiger partial charge in [0.25, 0.3) is 0 Å². The van der Waals surface area contributed by atoms with Gasteiger partial charge in [-0.3, -0.25) is 4.79 Å². The average Bonchev–Trinajstić information content (AvgIpc) is 2.47. The number of primary amides is 1. The molecule has 1 amide bonds. The second-order valence-corrected chi connectivity index (χ2v) is 5.92. The van der Waals surface area contributed by atoms with Gasteiger partial charge in [0.05, 0.1) is 13.0 Å². The smallest absolute Gasteiger partial charge is 0.333 e. The van der Waals surface area contributed by atoms with Gasteiger partial charge in [-0.2, -0.15) is 0 Å². The maximum absolute atomic E-state index is 11.4. The molecule has 0 bridgehead atoms.